The van der Waals surface area contributed by atoms with Crippen LogP contribution in [0.25, 0.3) is 0 Å². The minimum absolute atomic E-state index is 0.00932. The van der Waals surface area contributed by atoms with Crippen molar-refractivity contribution in [2.75, 3.05) is 5.01 Å². The molecule has 14 heavy (non-hydrogen) atoms. The topological polar surface area (TPSA) is 84.7 Å². The number of anilines is 1. The van der Waals surface area contributed by atoms with Crippen LogP contribution in [0.2, 0.25) is 0 Å². The zero-order valence-electron chi connectivity index (χ0n) is 7.84. The third kappa shape index (κ3) is 2.30. The molecule has 1 aromatic rings. The van der Waals surface area contributed by atoms with Crippen molar-refractivity contribution in [3.8, 4) is 0 Å². The number of carbonyl (C=O) groups is 1. The lowest BCUT2D eigenvalue weighted by molar-refractivity contribution is 0.101. The van der Waals surface area contributed by atoms with Crippen LogP contribution >= 0.6 is 0 Å². The summed E-state index contributed by atoms with van der Waals surface area (Å²) in [5.74, 6) is 10.5. The van der Waals surface area contributed by atoms with Crippen LogP contribution in [0.4, 0.5) is 5.69 Å². The van der Waals surface area contributed by atoms with Crippen molar-refractivity contribution in [3.05, 3.63) is 29.8 Å². The molecule has 0 aliphatic rings. The van der Waals surface area contributed by atoms with Crippen molar-refractivity contribution < 1.29 is 4.79 Å². The van der Waals surface area contributed by atoms with Gasteiger partial charge in [0.25, 0.3) is 0 Å². The Bertz CT molecular complexity index is 362. The average molecular weight is 192 g/mol. The van der Waals surface area contributed by atoms with E-state index in [1.165, 1.54) is 18.3 Å². The number of nitrogens with two attached hydrogens (primary N) is 2. The van der Waals surface area contributed by atoms with Gasteiger partial charge in [-0.1, -0.05) is 12.1 Å². The molecule has 0 saturated heterocycles. The Balaban J connectivity index is 2.99. The second-order valence-corrected chi connectivity index (χ2v) is 2.78. The van der Waals surface area contributed by atoms with E-state index in [1.54, 1.807) is 24.3 Å². The lowest BCUT2D eigenvalue weighted by Crippen LogP contribution is -2.29. The van der Waals surface area contributed by atoms with Gasteiger partial charge < -0.3 is 5.84 Å². The molecule has 0 aliphatic heterocycles. The SMILES string of the molecule is CC(=O)c1cccc(N(N)/C=N\N)c1. The predicted octanol–water partition coefficient (Wildman–Crippen LogP) is 0.471. The molecule has 5 heteroatoms. The Morgan fingerprint density at radius 1 is 1.57 bits per heavy atom. The molecule has 0 amide bonds. The molecule has 0 fully saturated rings. The standard InChI is InChI=1S/C9H12N4O/c1-7(14)8-3-2-4-9(5-8)13(11)6-12-10/h2-6H,10-11H2,1H3/b12-6-. The summed E-state index contributed by atoms with van der Waals surface area (Å²) >= 11 is 0. The Morgan fingerprint density at radius 3 is 2.86 bits per heavy atom. The van der Waals surface area contributed by atoms with Crippen LogP contribution in [-0.4, -0.2) is 12.1 Å². The van der Waals surface area contributed by atoms with Gasteiger partial charge in [0, 0.05) is 5.56 Å². The van der Waals surface area contributed by atoms with E-state index in [9.17, 15) is 4.79 Å². The molecule has 0 saturated carbocycles. The van der Waals surface area contributed by atoms with Gasteiger partial charge in [-0.05, 0) is 19.1 Å². The summed E-state index contributed by atoms with van der Waals surface area (Å²) in [5.41, 5.74) is 1.26. The molecule has 74 valence electrons. The van der Waals surface area contributed by atoms with Gasteiger partial charge in [0.2, 0.25) is 0 Å². The molecule has 0 spiro atoms. The van der Waals surface area contributed by atoms with Crippen molar-refractivity contribution in [1.29, 1.82) is 0 Å². The number of carbonyl (C=O) groups excluding carboxylic acids is 1. The lowest BCUT2D eigenvalue weighted by atomic mass is 10.1. The third-order valence-electron chi connectivity index (χ3n) is 1.74. The maximum atomic E-state index is 11.1. The molecule has 0 aliphatic carbocycles. The first-order chi connectivity index (χ1) is 6.65. The summed E-state index contributed by atoms with van der Waals surface area (Å²) < 4.78 is 0. The number of Topliss-reactive ketones (excluding diaryl/α,β-unsaturated/α-hetero) is 1. The van der Waals surface area contributed by atoms with Gasteiger partial charge in [-0.25, -0.2) is 5.84 Å². The first kappa shape index (κ1) is 10.2. The molecular weight excluding hydrogens is 180 g/mol. The Morgan fingerprint density at radius 2 is 2.29 bits per heavy atom. The van der Waals surface area contributed by atoms with Crippen LogP contribution in [0.15, 0.2) is 29.4 Å². The average Bonchev–Trinajstić information content (AvgIpc) is 2.18. The molecular formula is C9H12N4O. The van der Waals surface area contributed by atoms with Crippen molar-refractivity contribution >= 4 is 17.8 Å². The van der Waals surface area contributed by atoms with Crippen molar-refractivity contribution in [1.82, 2.24) is 0 Å². The number of hydrazine groups is 1. The monoisotopic (exact) mass is 192 g/mol. The first-order valence-corrected chi connectivity index (χ1v) is 4.03. The highest BCUT2D eigenvalue weighted by molar-refractivity contribution is 5.95. The van der Waals surface area contributed by atoms with Crippen LogP contribution in [0, 0.1) is 0 Å². The number of hydrogen-bond donors (Lipinski definition) is 2. The molecule has 0 bridgehead atoms. The maximum Gasteiger partial charge on any atom is 0.159 e. The zero-order valence-corrected chi connectivity index (χ0v) is 7.84. The van der Waals surface area contributed by atoms with Crippen LogP contribution in [-0.2, 0) is 0 Å². The summed E-state index contributed by atoms with van der Waals surface area (Å²) in [6, 6.07) is 6.90. The third-order valence-corrected chi connectivity index (χ3v) is 1.74. The highest BCUT2D eigenvalue weighted by Gasteiger charge is 2.02. The molecule has 0 unspecified atom stereocenters. The van der Waals surface area contributed by atoms with Gasteiger partial charge in [-0.3, -0.25) is 9.80 Å². The first-order valence-electron chi connectivity index (χ1n) is 4.03. The second kappa shape index (κ2) is 4.38. The van der Waals surface area contributed by atoms with Crippen LogP contribution in [0.5, 0.6) is 0 Å². The van der Waals surface area contributed by atoms with E-state index < -0.39 is 0 Å². The molecule has 0 atom stereocenters. The van der Waals surface area contributed by atoms with Gasteiger partial charge in [0.05, 0.1) is 5.69 Å². The summed E-state index contributed by atoms with van der Waals surface area (Å²) in [7, 11) is 0. The van der Waals surface area contributed by atoms with E-state index in [0.717, 1.165) is 0 Å². The largest absolute Gasteiger partial charge is 0.322 e. The minimum Gasteiger partial charge on any atom is -0.322 e. The van der Waals surface area contributed by atoms with Crippen LogP contribution < -0.4 is 16.7 Å². The molecule has 1 aromatic carbocycles. The number of hydrogen-bond acceptors (Lipinski definition) is 4. The molecule has 0 aromatic heterocycles. The van der Waals surface area contributed by atoms with Crippen LogP contribution in [0.3, 0.4) is 0 Å². The summed E-state index contributed by atoms with van der Waals surface area (Å²) in [4.78, 5) is 11.1. The number of rotatable bonds is 3. The van der Waals surface area contributed by atoms with Gasteiger partial charge in [0.15, 0.2) is 5.78 Å². The smallest absolute Gasteiger partial charge is 0.159 e. The van der Waals surface area contributed by atoms with E-state index in [4.69, 9.17) is 11.7 Å². The van der Waals surface area contributed by atoms with Crippen molar-refractivity contribution in [2.24, 2.45) is 16.8 Å². The quantitative estimate of drug-likeness (QED) is 0.240. The van der Waals surface area contributed by atoms with Gasteiger partial charge in [-0.15, -0.1) is 0 Å². The molecule has 1 rings (SSSR count). The van der Waals surface area contributed by atoms with E-state index in [-0.39, 0.29) is 5.78 Å². The van der Waals surface area contributed by atoms with Crippen molar-refractivity contribution in [3.63, 3.8) is 0 Å². The Hall–Kier alpha value is -1.88. The Labute approximate surface area is 82.0 Å². The Kier molecular flexibility index (Phi) is 3.19. The van der Waals surface area contributed by atoms with Gasteiger partial charge in [0.1, 0.15) is 6.34 Å². The highest BCUT2D eigenvalue weighted by Crippen LogP contribution is 2.12. The number of hydrazone groups is 1. The maximum absolute atomic E-state index is 11.1. The van der Waals surface area contributed by atoms with E-state index >= 15 is 0 Å². The fourth-order valence-corrected chi connectivity index (χ4v) is 1.02. The molecule has 0 heterocycles. The minimum atomic E-state index is -0.00932. The molecule has 5 nitrogen and oxygen atoms in total. The van der Waals surface area contributed by atoms with E-state index in [1.807, 2.05) is 0 Å². The molecule has 4 N–H and O–H groups in total. The zero-order chi connectivity index (χ0) is 10.6. The number of benzene rings is 1. The van der Waals surface area contributed by atoms with Crippen LogP contribution in [0.1, 0.15) is 17.3 Å². The van der Waals surface area contributed by atoms with E-state index in [2.05, 4.69) is 5.10 Å². The lowest BCUT2D eigenvalue weighted by Gasteiger charge is -2.12. The fraction of sp³-hybridized carbons (Fsp3) is 0.111. The van der Waals surface area contributed by atoms with E-state index in [0.29, 0.717) is 11.3 Å². The number of ketones is 1. The summed E-state index contributed by atoms with van der Waals surface area (Å²) in [5, 5.41) is 4.52. The highest BCUT2D eigenvalue weighted by atomic mass is 16.1. The summed E-state index contributed by atoms with van der Waals surface area (Å²) in [6.45, 7) is 1.50. The molecule has 0 radical (unpaired) electrons. The van der Waals surface area contributed by atoms with Gasteiger partial charge in [-0.2, -0.15) is 5.10 Å². The fourth-order valence-electron chi connectivity index (χ4n) is 1.02. The van der Waals surface area contributed by atoms with Gasteiger partial charge >= 0.3 is 0 Å². The predicted molar refractivity (Wildman–Crippen MR) is 55.8 cm³/mol. The second-order valence-electron chi connectivity index (χ2n) is 2.78. The summed E-state index contributed by atoms with van der Waals surface area (Å²) in [6.07, 6.45) is 1.26. The number of nitrogens with zero attached hydrogens (tertiary/aromatic N) is 2. The normalized spacial score (nSPS) is 10.4. The van der Waals surface area contributed by atoms with Crippen molar-refractivity contribution in [2.45, 2.75) is 6.92 Å².